The van der Waals surface area contributed by atoms with Gasteiger partial charge in [0, 0.05) is 12.8 Å². The van der Waals surface area contributed by atoms with Crippen molar-refractivity contribution in [1.29, 1.82) is 0 Å². The summed E-state index contributed by atoms with van der Waals surface area (Å²) >= 11 is 0. The van der Waals surface area contributed by atoms with Gasteiger partial charge in [-0.25, -0.2) is 0 Å². The van der Waals surface area contributed by atoms with Gasteiger partial charge in [0.15, 0.2) is 0 Å². The van der Waals surface area contributed by atoms with E-state index in [-0.39, 0.29) is 24.9 Å². The molecule has 0 saturated heterocycles. The number of benzene rings is 1. The maximum absolute atomic E-state index is 11.6. The first-order chi connectivity index (χ1) is 7.52. The van der Waals surface area contributed by atoms with E-state index in [1.165, 1.54) is 7.11 Å². The van der Waals surface area contributed by atoms with E-state index in [1.54, 1.807) is 0 Å². The maximum Gasteiger partial charge on any atom is 0.243 e. The third-order valence-electron chi connectivity index (χ3n) is 2.17. The maximum atomic E-state index is 11.6. The Bertz CT molecular complexity index is 363. The molecule has 0 aromatic heterocycles. The molecule has 0 radical (unpaired) electrons. The van der Waals surface area contributed by atoms with E-state index in [1.807, 2.05) is 32.0 Å². The molecule has 1 aromatic carbocycles. The summed E-state index contributed by atoms with van der Waals surface area (Å²) in [7, 11) is 1.52. The molecule has 1 rings (SSSR count). The van der Waals surface area contributed by atoms with E-state index in [0.717, 1.165) is 16.8 Å². The van der Waals surface area contributed by atoms with Crippen LogP contribution in [0, 0.1) is 13.8 Å². The third-order valence-corrected chi connectivity index (χ3v) is 2.17. The molecule has 17 heavy (non-hydrogen) atoms. The summed E-state index contributed by atoms with van der Waals surface area (Å²) in [6, 6.07) is 5.23. The monoisotopic (exact) mass is 258 g/mol. The summed E-state index contributed by atoms with van der Waals surface area (Å²) in [5, 5.41) is 2.76. The quantitative estimate of drug-likeness (QED) is 0.863. The molecule has 0 aliphatic carbocycles. The zero-order valence-electron chi connectivity index (χ0n) is 10.3. The Morgan fingerprint density at radius 2 is 1.88 bits per heavy atom. The zero-order valence-corrected chi connectivity index (χ0v) is 11.1. The van der Waals surface area contributed by atoms with E-state index in [0.29, 0.717) is 0 Å². The van der Waals surface area contributed by atoms with Gasteiger partial charge in [0.1, 0.15) is 6.04 Å². The van der Waals surface area contributed by atoms with Crippen molar-refractivity contribution in [3.05, 3.63) is 29.3 Å². The molecule has 0 heterocycles. The number of amides is 1. The van der Waals surface area contributed by atoms with Gasteiger partial charge in [-0.15, -0.1) is 12.4 Å². The van der Waals surface area contributed by atoms with Crippen LogP contribution in [0.4, 0.5) is 5.69 Å². The number of rotatable bonds is 4. The number of hydrogen-bond acceptors (Lipinski definition) is 3. The molecule has 1 amide bonds. The Kier molecular flexibility index (Phi) is 6.80. The summed E-state index contributed by atoms with van der Waals surface area (Å²) in [6.45, 7) is 4.19. The first-order valence-electron chi connectivity index (χ1n) is 5.16. The lowest BCUT2D eigenvalue weighted by Crippen LogP contribution is -2.39. The van der Waals surface area contributed by atoms with Crippen molar-refractivity contribution in [3.8, 4) is 0 Å². The van der Waals surface area contributed by atoms with Crippen LogP contribution in [0.15, 0.2) is 18.2 Å². The molecule has 0 bridgehead atoms. The normalized spacial score (nSPS) is 11.5. The Hall–Kier alpha value is -1.10. The topological polar surface area (TPSA) is 64.3 Å². The lowest BCUT2D eigenvalue weighted by atomic mass is 10.1. The molecule has 0 saturated carbocycles. The molecule has 4 nitrogen and oxygen atoms in total. The van der Waals surface area contributed by atoms with Crippen LogP contribution in [0.5, 0.6) is 0 Å². The molecular formula is C12H19ClN2O2. The molecular weight excluding hydrogens is 240 g/mol. The molecule has 0 aliphatic rings. The highest BCUT2D eigenvalue weighted by molar-refractivity contribution is 5.94. The second-order valence-electron chi connectivity index (χ2n) is 3.93. The summed E-state index contributed by atoms with van der Waals surface area (Å²) in [6.07, 6.45) is 0. The average Bonchev–Trinajstić information content (AvgIpc) is 2.16. The predicted octanol–water partition coefficient (Wildman–Crippen LogP) is 1.64. The number of nitrogens with one attached hydrogen (secondary N) is 1. The summed E-state index contributed by atoms with van der Waals surface area (Å²) in [4.78, 5) is 11.6. The van der Waals surface area contributed by atoms with E-state index >= 15 is 0 Å². The van der Waals surface area contributed by atoms with Crippen molar-refractivity contribution in [2.75, 3.05) is 19.0 Å². The number of methoxy groups -OCH3 is 1. The lowest BCUT2D eigenvalue weighted by Gasteiger charge is -2.12. The van der Waals surface area contributed by atoms with Gasteiger partial charge in [-0.1, -0.05) is 6.07 Å². The minimum absolute atomic E-state index is 0. The molecule has 0 spiro atoms. The van der Waals surface area contributed by atoms with Gasteiger partial charge < -0.3 is 15.8 Å². The minimum Gasteiger partial charge on any atom is -0.383 e. The smallest absolute Gasteiger partial charge is 0.243 e. The Morgan fingerprint density at radius 3 is 2.35 bits per heavy atom. The predicted molar refractivity (Wildman–Crippen MR) is 71.6 cm³/mol. The van der Waals surface area contributed by atoms with Crippen LogP contribution in [0.3, 0.4) is 0 Å². The van der Waals surface area contributed by atoms with Crippen LogP contribution >= 0.6 is 12.4 Å². The van der Waals surface area contributed by atoms with Crippen LogP contribution in [-0.2, 0) is 9.53 Å². The molecule has 1 unspecified atom stereocenters. The van der Waals surface area contributed by atoms with Crippen molar-refractivity contribution >= 4 is 24.0 Å². The summed E-state index contributed by atoms with van der Waals surface area (Å²) in [5.41, 5.74) is 8.60. The summed E-state index contributed by atoms with van der Waals surface area (Å²) < 4.78 is 4.82. The molecule has 1 aromatic rings. The Balaban J connectivity index is 0.00000256. The van der Waals surface area contributed by atoms with Gasteiger partial charge >= 0.3 is 0 Å². The van der Waals surface area contributed by atoms with E-state index in [9.17, 15) is 4.79 Å². The fourth-order valence-electron chi connectivity index (χ4n) is 1.54. The third kappa shape index (κ3) is 5.17. The fourth-order valence-corrected chi connectivity index (χ4v) is 1.54. The fraction of sp³-hybridized carbons (Fsp3) is 0.417. The average molecular weight is 259 g/mol. The van der Waals surface area contributed by atoms with Crippen LogP contribution in [0.25, 0.3) is 0 Å². The largest absolute Gasteiger partial charge is 0.383 e. The van der Waals surface area contributed by atoms with Gasteiger partial charge in [0.25, 0.3) is 0 Å². The molecule has 3 N–H and O–H groups in total. The SMILES string of the molecule is COCC(N)C(=O)Nc1cc(C)cc(C)c1.Cl. The van der Waals surface area contributed by atoms with Crippen molar-refractivity contribution in [1.82, 2.24) is 0 Å². The highest BCUT2D eigenvalue weighted by atomic mass is 35.5. The number of aryl methyl sites for hydroxylation is 2. The van der Waals surface area contributed by atoms with Crippen molar-refractivity contribution in [2.24, 2.45) is 5.73 Å². The van der Waals surface area contributed by atoms with E-state index in [4.69, 9.17) is 10.5 Å². The number of anilines is 1. The standard InChI is InChI=1S/C12H18N2O2.ClH/c1-8-4-9(2)6-10(5-8)14-12(15)11(13)7-16-3;/h4-6,11H,7,13H2,1-3H3,(H,14,15);1H. The van der Waals surface area contributed by atoms with Crippen LogP contribution in [0.1, 0.15) is 11.1 Å². The number of carbonyl (C=O) groups excluding carboxylic acids is 1. The number of carbonyl (C=O) groups is 1. The second-order valence-corrected chi connectivity index (χ2v) is 3.93. The number of nitrogens with two attached hydrogens (primary N) is 1. The molecule has 0 fully saturated rings. The van der Waals surface area contributed by atoms with E-state index in [2.05, 4.69) is 5.32 Å². The van der Waals surface area contributed by atoms with Crippen LogP contribution in [-0.4, -0.2) is 25.7 Å². The Morgan fingerprint density at radius 1 is 1.35 bits per heavy atom. The van der Waals surface area contributed by atoms with Crippen LogP contribution < -0.4 is 11.1 Å². The van der Waals surface area contributed by atoms with Gasteiger partial charge in [0.05, 0.1) is 6.61 Å². The number of ether oxygens (including phenoxy) is 1. The van der Waals surface area contributed by atoms with Crippen molar-refractivity contribution < 1.29 is 9.53 Å². The zero-order chi connectivity index (χ0) is 12.1. The van der Waals surface area contributed by atoms with Gasteiger partial charge in [-0.3, -0.25) is 4.79 Å². The van der Waals surface area contributed by atoms with Gasteiger partial charge in [-0.2, -0.15) is 0 Å². The second kappa shape index (κ2) is 7.27. The highest BCUT2D eigenvalue weighted by Crippen LogP contribution is 2.13. The molecule has 1 atom stereocenters. The van der Waals surface area contributed by atoms with Crippen molar-refractivity contribution in [3.63, 3.8) is 0 Å². The number of hydrogen-bond donors (Lipinski definition) is 2. The Labute approximate surface area is 108 Å². The van der Waals surface area contributed by atoms with E-state index < -0.39 is 6.04 Å². The molecule has 96 valence electrons. The minimum atomic E-state index is -0.634. The highest BCUT2D eigenvalue weighted by Gasteiger charge is 2.13. The lowest BCUT2D eigenvalue weighted by molar-refractivity contribution is -0.118. The first-order valence-corrected chi connectivity index (χ1v) is 5.16. The van der Waals surface area contributed by atoms with Crippen LogP contribution in [0.2, 0.25) is 0 Å². The van der Waals surface area contributed by atoms with Gasteiger partial charge in [-0.05, 0) is 37.1 Å². The molecule has 0 aliphatic heterocycles. The summed E-state index contributed by atoms with van der Waals surface area (Å²) in [5.74, 6) is -0.230. The number of halogens is 1. The van der Waals surface area contributed by atoms with Gasteiger partial charge in [0.2, 0.25) is 5.91 Å². The van der Waals surface area contributed by atoms with Crippen molar-refractivity contribution in [2.45, 2.75) is 19.9 Å². The first kappa shape index (κ1) is 15.9. The molecule has 5 heteroatoms.